The molecule has 3 heterocycles. The number of amides is 1. The molecule has 0 bridgehead atoms. The van der Waals surface area contributed by atoms with Gasteiger partial charge in [0.1, 0.15) is 0 Å². The van der Waals surface area contributed by atoms with Crippen LogP contribution in [0.4, 0.5) is 5.95 Å². The van der Waals surface area contributed by atoms with Crippen LogP contribution in [0.5, 0.6) is 0 Å². The van der Waals surface area contributed by atoms with Crippen LogP contribution in [0.25, 0.3) is 0 Å². The summed E-state index contributed by atoms with van der Waals surface area (Å²) in [6, 6.07) is 2.58. The van der Waals surface area contributed by atoms with E-state index < -0.39 is 0 Å². The highest BCUT2D eigenvalue weighted by Gasteiger charge is 2.25. The number of likely N-dealkylation sites (tertiary alicyclic amines) is 1. The molecular formula is C19H31N5O. The van der Waals surface area contributed by atoms with Crippen LogP contribution in [0, 0.1) is 13.8 Å². The minimum absolute atomic E-state index is 0.306. The Morgan fingerprint density at radius 2 is 1.76 bits per heavy atom. The molecule has 6 heteroatoms. The van der Waals surface area contributed by atoms with Crippen LogP contribution in [0.2, 0.25) is 0 Å². The maximum Gasteiger partial charge on any atom is 0.225 e. The summed E-state index contributed by atoms with van der Waals surface area (Å²) in [5.74, 6) is 1.10. The summed E-state index contributed by atoms with van der Waals surface area (Å²) < 4.78 is 0. The molecule has 2 aliphatic rings. The van der Waals surface area contributed by atoms with E-state index in [1.54, 1.807) is 0 Å². The number of piperazine rings is 1. The molecule has 138 valence electrons. The molecule has 2 fully saturated rings. The summed E-state index contributed by atoms with van der Waals surface area (Å²) in [5.41, 5.74) is 2.00. The zero-order valence-electron chi connectivity index (χ0n) is 15.9. The molecule has 2 aliphatic heterocycles. The van der Waals surface area contributed by atoms with Crippen molar-refractivity contribution in [1.29, 1.82) is 0 Å². The Hall–Kier alpha value is -1.69. The summed E-state index contributed by atoms with van der Waals surface area (Å²) in [6.45, 7) is 8.36. The van der Waals surface area contributed by atoms with Crippen LogP contribution in [0.1, 0.15) is 43.5 Å². The molecule has 3 rings (SSSR count). The Balaban J connectivity index is 1.47. The first-order chi connectivity index (χ1) is 12.0. The first-order valence-electron chi connectivity index (χ1n) is 9.58. The van der Waals surface area contributed by atoms with E-state index in [9.17, 15) is 4.79 Å². The molecule has 2 saturated heterocycles. The van der Waals surface area contributed by atoms with Gasteiger partial charge in [0.05, 0.1) is 0 Å². The number of hydrogen-bond donors (Lipinski definition) is 0. The third-order valence-electron chi connectivity index (χ3n) is 5.50. The van der Waals surface area contributed by atoms with Crippen LogP contribution < -0.4 is 4.90 Å². The molecule has 25 heavy (non-hydrogen) atoms. The largest absolute Gasteiger partial charge is 0.339 e. The van der Waals surface area contributed by atoms with Crippen molar-refractivity contribution in [2.45, 2.75) is 52.0 Å². The summed E-state index contributed by atoms with van der Waals surface area (Å²) in [7, 11) is 2.19. The van der Waals surface area contributed by atoms with Gasteiger partial charge in [-0.25, -0.2) is 9.97 Å². The van der Waals surface area contributed by atoms with E-state index in [-0.39, 0.29) is 0 Å². The monoisotopic (exact) mass is 345 g/mol. The van der Waals surface area contributed by atoms with Crippen molar-refractivity contribution in [1.82, 2.24) is 19.8 Å². The number of rotatable bonds is 4. The van der Waals surface area contributed by atoms with E-state index in [0.717, 1.165) is 49.9 Å². The number of aryl methyl sites for hydroxylation is 2. The van der Waals surface area contributed by atoms with E-state index >= 15 is 0 Å². The molecule has 0 spiro atoms. The summed E-state index contributed by atoms with van der Waals surface area (Å²) >= 11 is 0. The third kappa shape index (κ3) is 4.69. The fourth-order valence-electron chi connectivity index (χ4n) is 3.96. The van der Waals surface area contributed by atoms with E-state index in [1.165, 1.54) is 25.8 Å². The molecular weight excluding hydrogens is 314 g/mol. The molecule has 1 aromatic heterocycles. The molecule has 1 aromatic rings. The highest BCUT2D eigenvalue weighted by atomic mass is 16.2. The second-order valence-corrected chi connectivity index (χ2v) is 7.49. The fourth-order valence-corrected chi connectivity index (χ4v) is 3.96. The molecule has 6 nitrogen and oxygen atoms in total. The number of aromatic nitrogens is 2. The Kier molecular flexibility index (Phi) is 5.89. The van der Waals surface area contributed by atoms with Crippen molar-refractivity contribution in [2.75, 3.05) is 44.7 Å². The predicted molar refractivity (Wildman–Crippen MR) is 99.8 cm³/mol. The van der Waals surface area contributed by atoms with Gasteiger partial charge in [0.15, 0.2) is 0 Å². The first kappa shape index (κ1) is 18.1. The topological polar surface area (TPSA) is 52.6 Å². The van der Waals surface area contributed by atoms with Gasteiger partial charge in [0, 0.05) is 50.0 Å². The minimum atomic E-state index is 0.306. The molecule has 1 atom stereocenters. The average Bonchev–Trinajstić information content (AvgIpc) is 2.60. The highest BCUT2D eigenvalue weighted by Crippen LogP contribution is 2.20. The second kappa shape index (κ2) is 8.13. The number of carbonyl (C=O) groups is 1. The van der Waals surface area contributed by atoms with Crippen LogP contribution >= 0.6 is 0 Å². The van der Waals surface area contributed by atoms with Crippen LogP contribution in [-0.2, 0) is 4.79 Å². The van der Waals surface area contributed by atoms with Crippen molar-refractivity contribution in [3.8, 4) is 0 Å². The van der Waals surface area contributed by atoms with Gasteiger partial charge in [-0.05, 0) is 52.8 Å². The minimum Gasteiger partial charge on any atom is -0.339 e. The molecule has 0 N–H and O–H groups in total. The smallest absolute Gasteiger partial charge is 0.225 e. The standard InChI is InChI=1S/C19H31N5O/c1-15-14-16(2)21-19(20-15)24-12-10-23(11-13-24)18(25)8-7-17-6-4-5-9-22(17)3/h14,17H,4-13H2,1-3H3. The zero-order valence-corrected chi connectivity index (χ0v) is 15.9. The average molecular weight is 345 g/mol. The molecule has 0 radical (unpaired) electrons. The van der Waals surface area contributed by atoms with Gasteiger partial charge in [-0.2, -0.15) is 0 Å². The molecule has 0 aliphatic carbocycles. The normalized spacial score (nSPS) is 22.3. The number of piperidine rings is 1. The Morgan fingerprint density at radius 3 is 2.40 bits per heavy atom. The van der Waals surface area contributed by atoms with Crippen molar-refractivity contribution in [3.63, 3.8) is 0 Å². The van der Waals surface area contributed by atoms with E-state index in [2.05, 4.69) is 26.8 Å². The van der Waals surface area contributed by atoms with Gasteiger partial charge >= 0.3 is 0 Å². The van der Waals surface area contributed by atoms with E-state index in [4.69, 9.17) is 0 Å². The molecule has 0 aromatic carbocycles. The van der Waals surface area contributed by atoms with Crippen LogP contribution in [-0.4, -0.2) is 71.5 Å². The second-order valence-electron chi connectivity index (χ2n) is 7.49. The SMILES string of the molecule is Cc1cc(C)nc(N2CCN(C(=O)CCC3CCCCN3C)CC2)n1. The molecule has 0 saturated carbocycles. The van der Waals surface area contributed by atoms with Crippen LogP contribution in [0.15, 0.2) is 6.07 Å². The predicted octanol–water partition coefficient (Wildman–Crippen LogP) is 2.01. The Morgan fingerprint density at radius 1 is 1.08 bits per heavy atom. The van der Waals surface area contributed by atoms with Gasteiger partial charge < -0.3 is 14.7 Å². The van der Waals surface area contributed by atoms with E-state index in [1.807, 2.05) is 24.8 Å². The number of anilines is 1. The van der Waals surface area contributed by atoms with Crippen molar-refractivity contribution in [2.24, 2.45) is 0 Å². The lowest BCUT2D eigenvalue weighted by Gasteiger charge is -2.36. The maximum atomic E-state index is 12.6. The summed E-state index contributed by atoms with van der Waals surface area (Å²) in [5, 5.41) is 0. The van der Waals surface area contributed by atoms with Gasteiger partial charge in [-0.1, -0.05) is 6.42 Å². The lowest BCUT2D eigenvalue weighted by atomic mass is 9.98. The van der Waals surface area contributed by atoms with Gasteiger partial charge in [-0.3, -0.25) is 4.79 Å². The number of nitrogens with zero attached hydrogens (tertiary/aromatic N) is 5. The lowest BCUT2D eigenvalue weighted by molar-refractivity contribution is -0.131. The van der Waals surface area contributed by atoms with Gasteiger partial charge in [-0.15, -0.1) is 0 Å². The summed E-state index contributed by atoms with van der Waals surface area (Å²) in [4.78, 5) is 28.3. The van der Waals surface area contributed by atoms with E-state index in [0.29, 0.717) is 18.4 Å². The van der Waals surface area contributed by atoms with Crippen molar-refractivity contribution < 1.29 is 4.79 Å². The number of carbonyl (C=O) groups excluding carboxylic acids is 1. The zero-order chi connectivity index (χ0) is 17.8. The van der Waals surface area contributed by atoms with Crippen LogP contribution in [0.3, 0.4) is 0 Å². The summed E-state index contributed by atoms with van der Waals surface area (Å²) in [6.07, 6.45) is 5.51. The Bertz CT molecular complexity index is 577. The Labute approximate surface area is 151 Å². The third-order valence-corrected chi connectivity index (χ3v) is 5.50. The van der Waals surface area contributed by atoms with Crippen molar-refractivity contribution in [3.05, 3.63) is 17.5 Å². The van der Waals surface area contributed by atoms with Crippen molar-refractivity contribution >= 4 is 11.9 Å². The molecule has 1 unspecified atom stereocenters. The highest BCUT2D eigenvalue weighted by molar-refractivity contribution is 5.76. The maximum absolute atomic E-state index is 12.6. The quantitative estimate of drug-likeness (QED) is 0.835. The number of hydrogen-bond acceptors (Lipinski definition) is 5. The van der Waals surface area contributed by atoms with Gasteiger partial charge in [0.2, 0.25) is 11.9 Å². The molecule has 1 amide bonds. The first-order valence-corrected chi connectivity index (χ1v) is 9.58. The van der Waals surface area contributed by atoms with Gasteiger partial charge in [0.25, 0.3) is 0 Å². The fraction of sp³-hybridized carbons (Fsp3) is 0.737. The lowest BCUT2D eigenvalue weighted by Crippen LogP contribution is -2.49.